The highest BCUT2D eigenvalue weighted by Gasteiger charge is 2.10. The number of aromatic nitrogens is 1. The summed E-state index contributed by atoms with van der Waals surface area (Å²) < 4.78 is 7.23. The van der Waals surface area contributed by atoms with E-state index in [1.165, 1.54) is 11.3 Å². The summed E-state index contributed by atoms with van der Waals surface area (Å²) in [7, 11) is 1.65. The van der Waals surface area contributed by atoms with E-state index in [1.54, 1.807) is 7.11 Å². The smallest absolute Gasteiger partial charge is 0.187 e. The lowest BCUT2D eigenvalue weighted by atomic mass is 10.2. The summed E-state index contributed by atoms with van der Waals surface area (Å²) in [4.78, 5) is 1.45. The van der Waals surface area contributed by atoms with Crippen LogP contribution in [0.25, 0.3) is 16.1 Å². The van der Waals surface area contributed by atoms with Gasteiger partial charge in [-0.05, 0) is 36.4 Å². The summed E-state index contributed by atoms with van der Waals surface area (Å²) in [5.74, 6) is 0.807. The Morgan fingerprint density at radius 3 is 2.52 bits per heavy atom. The predicted octanol–water partition coefficient (Wildman–Crippen LogP) is 4.35. The number of rotatable bonds is 3. The second-order valence-electron chi connectivity index (χ2n) is 4.45. The van der Waals surface area contributed by atoms with Crippen molar-refractivity contribution in [2.75, 3.05) is 7.11 Å². The van der Waals surface area contributed by atoms with Gasteiger partial charge in [0.25, 0.3) is 0 Å². The van der Waals surface area contributed by atoms with Crippen LogP contribution in [0, 0.1) is 5.41 Å². The highest BCUT2D eigenvalue weighted by atomic mass is 35.5. The van der Waals surface area contributed by atoms with Crippen molar-refractivity contribution in [3.05, 3.63) is 64.6 Å². The summed E-state index contributed by atoms with van der Waals surface area (Å²) in [6.07, 6.45) is 1.95. The summed E-state index contributed by atoms with van der Waals surface area (Å²) in [5.41, 5.74) is 1.91. The van der Waals surface area contributed by atoms with E-state index in [1.807, 2.05) is 59.3 Å². The van der Waals surface area contributed by atoms with E-state index in [9.17, 15) is 0 Å². The first-order chi connectivity index (χ1) is 10.2. The number of ether oxygens (including phenoxy) is 1. The van der Waals surface area contributed by atoms with Crippen LogP contribution in [0.1, 0.15) is 0 Å². The van der Waals surface area contributed by atoms with Gasteiger partial charge < -0.3 is 4.74 Å². The molecule has 0 bridgehead atoms. The first-order valence-electron chi connectivity index (χ1n) is 6.35. The maximum absolute atomic E-state index is 8.17. The first-order valence-corrected chi connectivity index (χ1v) is 7.55. The zero-order valence-electron chi connectivity index (χ0n) is 11.3. The number of nitrogens with one attached hydrogen (secondary N) is 1. The molecule has 1 heterocycles. The number of halogens is 1. The normalized spacial score (nSPS) is 10.6. The number of nitrogens with zero attached hydrogens (tertiary/aromatic N) is 1. The molecule has 1 aromatic heterocycles. The summed E-state index contributed by atoms with van der Waals surface area (Å²) in [6.45, 7) is 0. The van der Waals surface area contributed by atoms with Gasteiger partial charge in [0.1, 0.15) is 5.75 Å². The molecular formula is C16H13ClN2OS. The Kier molecular flexibility index (Phi) is 3.82. The molecule has 3 nitrogen and oxygen atoms in total. The Bertz CT molecular complexity index is 821. The van der Waals surface area contributed by atoms with Crippen molar-refractivity contribution in [1.29, 1.82) is 5.41 Å². The fourth-order valence-electron chi connectivity index (χ4n) is 2.12. The van der Waals surface area contributed by atoms with Gasteiger partial charge in [-0.15, -0.1) is 0 Å². The third-order valence-electron chi connectivity index (χ3n) is 3.15. The third kappa shape index (κ3) is 2.73. The van der Waals surface area contributed by atoms with Gasteiger partial charge in [-0.1, -0.05) is 35.1 Å². The minimum Gasteiger partial charge on any atom is -0.496 e. The van der Waals surface area contributed by atoms with E-state index in [0.29, 0.717) is 9.82 Å². The zero-order valence-corrected chi connectivity index (χ0v) is 12.9. The largest absolute Gasteiger partial charge is 0.496 e. The van der Waals surface area contributed by atoms with Gasteiger partial charge in [0, 0.05) is 22.5 Å². The first kappa shape index (κ1) is 13.9. The molecule has 0 saturated carbocycles. The number of hydrogen-bond donors (Lipinski definition) is 1. The van der Waals surface area contributed by atoms with E-state index in [2.05, 4.69) is 0 Å². The monoisotopic (exact) mass is 316 g/mol. The quantitative estimate of drug-likeness (QED) is 0.766. The van der Waals surface area contributed by atoms with Crippen LogP contribution in [0.4, 0.5) is 0 Å². The van der Waals surface area contributed by atoms with Crippen LogP contribution in [-0.2, 0) is 0 Å². The van der Waals surface area contributed by atoms with E-state index in [0.717, 1.165) is 21.9 Å². The van der Waals surface area contributed by atoms with Crippen LogP contribution in [0.5, 0.6) is 5.75 Å². The van der Waals surface area contributed by atoms with Crippen molar-refractivity contribution in [2.24, 2.45) is 0 Å². The van der Waals surface area contributed by atoms with Crippen LogP contribution in [-0.4, -0.2) is 11.7 Å². The van der Waals surface area contributed by atoms with Crippen LogP contribution in [0.3, 0.4) is 0 Å². The molecule has 0 unspecified atom stereocenters. The van der Waals surface area contributed by atoms with Gasteiger partial charge in [-0.2, -0.15) is 0 Å². The van der Waals surface area contributed by atoms with Crippen molar-refractivity contribution >= 4 is 22.9 Å². The van der Waals surface area contributed by atoms with Crippen LogP contribution >= 0.6 is 22.9 Å². The Labute approximate surface area is 131 Å². The third-order valence-corrected chi connectivity index (χ3v) is 4.34. The molecule has 5 heteroatoms. The number of thiazole rings is 1. The average molecular weight is 317 g/mol. The van der Waals surface area contributed by atoms with E-state index in [-0.39, 0.29) is 0 Å². The lowest BCUT2D eigenvalue weighted by Crippen LogP contribution is -2.08. The minimum absolute atomic E-state index is 0.457. The van der Waals surface area contributed by atoms with Crippen LogP contribution in [0.15, 0.2) is 54.7 Å². The summed E-state index contributed by atoms with van der Waals surface area (Å²) in [5, 5.41) is 8.85. The highest BCUT2D eigenvalue weighted by molar-refractivity contribution is 7.12. The van der Waals surface area contributed by atoms with E-state index >= 15 is 0 Å². The minimum atomic E-state index is 0.457. The number of hydrogen-bond acceptors (Lipinski definition) is 3. The van der Waals surface area contributed by atoms with Crippen molar-refractivity contribution in [1.82, 2.24) is 4.57 Å². The molecule has 21 heavy (non-hydrogen) atoms. The fraction of sp³-hybridized carbons (Fsp3) is 0.0625. The van der Waals surface area contributed by atoms with Crippen LogP contribution < -0.4 is 9.54 Å². The molecule has 1 N–H and O–H groups in total. The van der Waals surface area contributed by atoms with Gasteiger partial charge in [0.2, 0.25) is 0 Å². The second kappa shape index (κ2) is 5.76. The van der Waals surface area contributed by atoms with Crippen LogP contribution in [0.2, 0.25) is 5.02 Å². The number of methoxy groups -OCH3 is 1. The van der Waals surface area contributed by atoms with Gasteiger partial charge >= 0.3 is 0 Å². The Hall–Kier alpha value is -2.04. The van der Waals surface area contributed by atoms with Crippen molar-refractivity contribution in [3.8, 4) is 21.9 Å². The molecule has 0 aliphatic rings. The lowest BCUT2D eigenvalue weighted by Gasteiger charge is -2.05. The summed E-state index contributed by atoms with van der Waals surface area (Å²) >= 11 is 7.32. The molecule has 2 aromatic carbocycles. The zero-order chi connectivity index (χ0) is 14.8. The lowest BCUT2D eigenvalue weighted by molar-refractivity contribution is 0.416. The second-order valence-corrected chi connectivity index (χ2v) is 5.91. The van der Waals surface area contributed by atoms with Crippen molar-refractivity contribution in [2.45, 2.75) is 0 Å². The molecule has 106 valence electrons. The predicted molar refractivity (Wildman–Crippen MR) is 86.5 cm³/mol. The molecule has 0 atom stereocenters. The molecule has 3 aromatic rings. The molecule has 0 radical (unpaired) electrons. The van der Waals surface area contributed by atoms with Gasteiger partial charge in [0.05, 0.1) is 12.0 Å². The SMILES string of the molecule is COc1ccccc1-c1cn(-c2ccc(Cl)cc2)c(=N)s1. The van der Waals surface area contributed by atoms with Gasteiger partial charge in [0.15, 0.2) is 4.80 Å². The van der Waals surface area contributed by atoms with E-state index in [4.69, 9.17) is 21.7 Å². The van der Waals surface area contributed by atoms with Crippen molar-refractivity contribution in [3.63, 3.8) is 0 Å². The fourth-order valence-corrected chi connectivity index (χ4v) is 3.15. The Morgan fingerprint density at radius 1 is 1.10 bits per heavy atom. The molecule has 0 fully saturated rings. The number of benzene rings is 2. The van der Waals surface area contributed by atoms with Gasteiger partial charge in [-0.25, -0.2) is 0 Å². The maximum atomic E-state index is 8.17. The summed E-state index contributed by atoms with van der Waals surface area (Å²) in [6, 6.07) is 15.3. The Balaban J connectivity index is 2.10. The Morgan fingerprint density at radius 2 is 1.81 bits per heavy atom. The molecular weight excluding hydrogens is 304 g/mol. The van der Waals surface area contributed by atoms with Gasteiger partial charge in [-0.3, -0.25) is 9.98 Å². The average Bonchev–Trinajstić information content (AvgIpc) is 2.90. The standard InChI is InChI=1S/C16H13ClN2OS/c1-20-14-5-3-2-4-13(14)15-10-19(16(18)21-15)12-8-6-11(17)7-9-12/h2-10,18H,1H3. The maximum Gasteiger partial charge on any atom is 0.187 e. The highest BCUT2D eigenvalue weighted by Crippen LogP contribution is 2.31. The molecule has 0 aliphatic carbocycles. The van der Waals surface area contributed by atoms with E-state index < -0.39 is 0 Å². The molecule has 0 spiro atoms. The van der Waals surface area contributed by atoms with Crippen molar-refractivity contribution < 1.29 is 4.74 Å². The molecule has 0 saturated heterocycles. The molecule has 3 rings (SSSR count). The molecule has 0 aliphatic heterocycles. The molecule has 0 amide bonds. The topological polar surface area (TPSA) is 38.0 Å². The number of para-hydroxylation sites is 1.